The van der Waals surface area contributed by atoms with Crippen molar-refractivity contribution in [1.29, 1.82) is 0 Å². The van der Waals surface area contributed by atoms with Gasteiger partial charge in [0.15, 0.2) is 0 Å². The third-order valence-electron chi connectivity index (χ3n) is 5.57. The monoisotopic (exact) mass is 483 g/mol. The average molecular weight is 483 g/mol. The Hall–Kier alpha value is -4.08. The zero-order valence-corrected chi connectivity index (χ0v) is 19.4. The maximum absolute atomic E-state index is 13.5. The van der Waals surface area contributed by atoms with E-state index < -0.39 is 11.7 Å². The number of aromatic nitrogens is 3. The molecule has 1 amide bonds. The summed E-state index contributed by atoms with van der Waals surface area (Å²) >= 11 is 0. The predicted octanol–water partition coefficient (Wildman–Crippen LogP) is 5.10. The Morgan fingerprint density at radius 2 is 1.86 bits per heavy atom. The lowest BCUT2D eigenvalue weighted by molar-refractivity contribution is -0.137. The van der Waals surface area contributed by atoms with E-state index in [0.29, 0.717) is 17.6 Å². The van der Waals surface area contributed by atoms with Crippen LogP contribution < -0.4 is 5.43 Å². The van der Waals surface area contributed by atoms with E-state index in [-0.39, 0.29) is 35.0 Å². The van der Waals surface area contributed by atoms with Gasteiger partial charge in [0.1, 0.15) is 0 Å². The van der Waals surface area contributed by atoms with Gasteiger partial charge in [0.2, 0.25) is 11.8 Å². The van der Waals surface area contributed by atoms with Crippen molar-refractivity contribution in [3.8, 4) is 11.6 Å². The number of aryl methyl sites for hydroxylation is 3. The van der Waals surface area contributed by atoms with Crippen LogP contribution in [0.5, 0.6) is 5.88 Å². The summed E-state index contributed by atoms with van der Waals surface area (Å²) in [6.07, 6.45) is -1.08. The van der Waals surface area contributed by atoms with Gasteiger partial charge in [0, 0.05) is 36.4 Å². The second-order valence-corrected chi connectivity index (χ2v) is 8.36. The second-order valence-electron chi connectivity index (χ2n) is 8.36. The highest BCUT2D eigenvalue weighted by Crippen LogP contribution is 2.39. The minimum atomic E-state index is -4.55. The van der Waals surface area contributed by atoms with Gasteiger partial charge in [-0.25, -0.2) is 5.43 Å². The Bertz CT molecular complexity index is 1400. The van der Waals surface area contributed by atoms with Crippen LogP contribution in [-0.2, 0) is 17.5 Å². The summed E-state index contributed by atoms with van der Waals surface area (Å²) in [7, 11) is 0. The maximum Gasteiger partial charge on any atom is 0.416 e. The second kappa shape index (κ2) is 9.28. The molecular formula is C25H24F3N5O2. The highest BCUT2D eigenvalue weighted by atomic mass is 19.4. The number of hydrazone groups is 1. The summed E-state index contributed by atoms with van der Waals surface area (Å²) in [5.74, 6) is -0.631. The van der Waals surface area contributed by atoms with Crippen molar-refractivity contribution < 1.29 is 23.1 Å². The number of carbonyl (C=O) groups excluding carboxylic acids is 1. The molecule has 0 aliphatic heterocycles. The molecule has 182 valence electrons. The van der Waals surface area contributed by atoms with Gasteiger partial charge in [0.05, 0.1) is 22.4 Å². The normalized spacial score (nSPS) is 12.3. The van der Waals surface area contributed by atoms with Crippen LogP contribution in [-0.4, -0.2) is 31.1 Å². The summed E-state index contributed by atoms with van der Waals surface area (Å²) in [6.45, 7) is 5.68. The molecule has 0 aliphatic carbocycles. The fraction of sp³-hybridized carbons (Fsp3) is 0.240. The van der Waals surface area contributed by atoms with E-state index in [1.807, 2.05) is 19.9 Å². The van der Waals surface area contributed by atoms with Crippen LogP contribution >= 0.6 is 0 Å². The summed E-state index contributed by atoms with van der Waals surface area (Å²) in [5.41, 5.74) is 4.59. The van der Waals surface area contributed by atoms with Gasteiger partial charge in [-0.3, -0.25) is 14.0 Å². The zero-order chi connectivity index (χ0) is 25.3. The molecule has 0 aliphatic rings. The van der Waals surface area contributed by atoms with Gasteiger partial charge in [-0.1, -0.05) is 12.1 Å². The number of benzene rings is 2. The standard InChI is InChI=1S/C25H24F3N5O2/c1-15-11-16(2)13-19(12-15)33-21-14-18(25(26,27)28)5-6-20(21)23(24(33)35)17(3)30-31-22(34)7-10-32-9-4-8-29-32/h4-6,8-9,11-14,35H,7,10H2,1-3H3,(H,31,34)/b30-17+. The Balaban J connectivity index is 1.76. The van der Waals surface area contributed by atoms with Crippen LogP contribution in [0.15, 0.2) is 60.0 Å². The van der Waals surface area contributed by atoms with Crippen molar-refractivity contribution in [3.05, 3.63) is 77.1 Å². The van der Waals surface area contributed by atoms with Crippen molar-refractivity contribution in [1.82, 2.24) is 19.8 Å². The molecule has 0 radical (unpaired) electrons. The van der Waals surface area contributed by atoms with Crippen LogP contribution in [0.4, 0.5) is 13.2 Å². The fourth-order valence-electron chi connectivity index (χ4n) is 4.06. The minimum absolute atomic E-state index is 0.129. The maximum atomic E-state index is 13.5. The quantitative estimate of drug-likeness (QED) is 0.296. The third kappa shape index (κ3) is 5.06. The van der Waals surface area contributed by atoms with Crippen molar-refractivity contribution in [2.45, 2.75) is 39.9 Å². The van der Waals surface area contributed by atoms with E-state index in [1.54, 1.807) is 42.2 Å². The molecule has 4 rings (SSSR count). The Morgan fingerprint density at radius 1 is 1.14 bits per heavy atom. The van der Waals surface area contributed by atoms with Crippen LogP contribution in [0.2, 0.25) is 0 Å². The molecule has 0 saturated heterocycles. The topological polar surface area (TPSA) is 84.4 Å². The number of nitrogens with zero attached hydrogens (tertiary/aromatic N) is 4. The SMILES string of the molecule is C/C(=N\NC(=O)CCn1cccn1)c1c(O)n(-c2cc(C)cc(C)c2)c2cc(C(F)(F)F)ccc12. The van der Waals surface area contributed by atoms with Crippen LogP contribution in [0.25, 0.3) is 16.6 Å². The van der Waals surface area contributed by atoms with Crippen molar-refractivity contribution in [2.75, 3.05) is 0 Å². The first-order chi connectivity index (χ1) is 16.5. The molecule has 2 aromatic heterocycles. The van der Waals surface area contributed by atoms with Crippen molar-refractivity contribution in [3.63, 3.8) is 0 Å². The van der Waals surface area contributed by atoms with Gasteiger partial charge in [-0.2, -0.15) is 23.4 Å². The molecule has 4 aromatic rings. The number of aromatic hydroxyl groups is 1. The number of fused-ring (bicyclic) bond motifs is 1. The van der Waals surface area contributed by atoms with Gasteiger partial charge in [-0.15, -0.1) is 0 Å². The van der Waals surface area contributed by atoms with Crippen molar-refractivity contribution >= 4 is 22.5 Å². The summed E-state index contributed by atoms with van der Waals surface area (Å²) in [5, 5.41) is 19.7. The summed E-state index contributed by atoms with van der Waals surface area (Å²) in [4.78, 5) is 12.2. The molecule has 7 nitrogen and oxygen atoms in total. The van der Waals surface area contributed by atoms with E-state index >= 15 is 0 Å². The number of nitrogens with one attached hydrogen (secondary N) is 1. The number of rotatable bonds is 6. The number of halogens is 3. The minimum Gasteiger partial charge on any atom is -0.494 e. The van der Waals surface area contributed by atoms with Crippen LogP contribution in [0, 0.1) is 13.8 Å². The van der Waals surface area contributed by atoms with E-state index in [1.165, 1.54) is 10.6 Å². The Kier molecular flexibility index (Phi) is 6.38. The number of amides is 1. The summed E-state index contributed by atoms with van der Waals surface area (Å²) < 4.78 is 43.4. The molecule has 0 atom stereocenters. The zero-order valence-electron chi connectivity index (χ0n) is 19.4. The van der Waals surface area contributed by atoms with E-state index in [2.05, 4.69) is 15.6 Å². The molecule has 0 fully saturated rings. The van der Waals surface area contributed by atoms with Crippen LogP contribution in [0.3, 0.4) is 0 Å². The first-order valence-corrected chi connectivity index (χ1v) is 10.9. The molecule has 10 heteroatoms. The highest BCUT2D eigenvalue weighted by molar-refractivity contribution is 6.13. The van der Waals surface area contributed by atoms with Crippen LogP contribution in [0.1, 0.15) is 35.6 Å². The molecule has 0 saturated carbocycles. The van der Waals surface area contributed by atoms with Gasteiger partial charge in [-0.05, 0) is 62.2 Å². The molecule has 35 heavy (non-hydrogen) atoms. The number of hydrogen-bond donors (Lipinski definition) is 2. The molecule has 0 unspecified atom stereocenters. The van der Waals surface area contributed by atoms with E-state index in [0.717, 1.165) is 23.3 Å². The lowest BCUT2D eigenvalue weighted by Gasteiger charge is -2.11. The van der Waals surface area contributed by atoms with Gasteiger partial charge in [0.25, 0.3) is 0 Å². The van der Waals surface area contributed by atoms with Gasteiger partial charge >= 0.3 is 6.18 Å². The molecule has 2 heterocycles. The van der Waals surface area contributed by atoms with Gasteiger partial charge < -0.3 is 5.11 Å². The number of alkyl halides is 3. The summed E-state index contributed by atoms with van der Waals surface area (Å²) in [6, 6.07) is 10.5. The number of carbonyl (C=O) groups is 1. The first kappa shape index (κ1) is 24.1. The Labute approximate surface area is 199 Å². The molecule has 0 bridgehead atoms. The molecule has 2 N–H and O–H groups in total. The highest BCUT2D eigenvalue weighted by Gasteiger charge is 2.32. The Morgan fingerprint density at radius 3 is 2.49 bits per heavy atom. The third-order valence-corrected chi connectivity index (χ3v) is 5.57. The predicted molar refractivity (Wildman–Crippen MR) is 127 cm³/mol. The smallest absolute Gasteiger partial charge is 0.416 e. The van der Waals surface area contributed by atoms with Crippen molar-refractivity contribution in [2.24, 2.45) is 5.10 Å². The molecule has 2 aromatic carbocycles. The number of hydrogen-bond acceptors (Lipinski definition) is 4. The van der Waals surface area contributed by atoms with E-state index in [9.17, 15) is 23.1 Å². The molecular weight excluding hydrogens is 459 g/mol. The lowest BCUT2D eigenvalue weighted by Crippen LogP contribution is -2.21. The van der Waals surface area contributed by atoms with E-state index in [4.69, 9.17) is 0 Å². The first-order valence-electron chi connectivity index (χ1n) is 10.9. The lowest BCUT2D eigenvalue weighted by atomic mass is 10.1. The fourth-order valence-corrected chi connectivity index (χ4v) is 4.06. The largest absolute Gasteiger partial charge is 0.494 e. The average Bonchev–Trinajstić information content (AvgIpc) is 3.39. The molecule has 0 spiro atoms.